The predicted molar refractivity (Wildman–Crippen MR) is 149 cm³/mol. The summed E-state index contributed by atoms with van der Waals surface area (Å²) in [6.07, 6.45) is 1.14. The summed E-state index contributed by atoms with van der Waals surface area (Å²) >= 11 is 20.3. The second kappa shape index (κ2) is 12.5. The Hall–Kier alpha value is -1.65. The Labute approximate surface area is 236 Å². The average Bonchev–Trinajstić information content (AvgIpc) is 3.35. The number of nitrogens with zero attached hydrogens (tertiary/aromatic N) is 2. The lowest BCUT2D eigenvalue weighted by Crippen LogP contribution is -2.47. The minimum absolute atomic E-state index is 0.0807. The van der Waals surface area contributed by atoms with E-state index in [4.69, 9.17) is 39.5 Å². The maximum Gasteiger partial charge on any atom is 0.243 e. The molecule has 0 fully saturated rings. The van der Waals surface area contributed by atoms with Gasteiger partial charge in [0.25, 0.3) is 0 Å². The van der Waals surface area contributed by atoms with Crippen LogP contribution in [0.25, 0.3) is 0 Å². The van der Waals surface area contributed by atoms with Crippen LogP contribution in [0.15, 0.2) is 58.8 Å². The third kappa shape index (κ3) is 6.50. The molecule has 1 unspecified atom stereocenters. The monoisotopic (exact) mass is 600 g/mol. The fraction of sp³-hybridized carbons (Fsp3) is 0.346. The van der Waals surface area contributed by atoms with Gasteiger partial charge in [-0.25, -0.2) is 8.42 Å². The molecule has 0 aliphatic carbocycles. The number of rotatable bonds is 10. The van der Waals surface area contributed by atoms with E-state index in [0.29, 0.717) is 47.7 Å². The Morgan fingerprint density at radius 3 is 2.51 bits per heavy atom. The van der Waals surface area contributed by atoms with Gasteiger partial charge in [0.05, 0.1) is 17.5 Å². The van der Waals surface area contributed by atoms with E-state index in [9.17, 15) is 13.2 Å². The van der Waals surface area contributed by atoms with Crippen LogP contribution in [0.5, 0.6) is 0 Å². The molecule has 0 radical (unpaired) electrons. The van der Waals surface area contributed by atoms with Gasteiger partial charge in [-0.15, -0.1) is 11.3 Å². The molecule has 0 spiro atoms. The fourth-order valence-corrected chi connectivity index (χ4v) is 7.38. The minimum Gasteiger partial charge on any atom is -0.382 e. The topological polar surface area (TPSA) is 66.9 Å². The molecule has 0 saturated heterocycles. The third-order valence-corrected chi connectivity index (χ3v) is 9.88. The zero-order valence-electron chi connectivity index (χ0n) is 20.2. The van der Waals surface area contributed by atoms with Gasteiger partial charge in [-0.1, -0.05) is 40.9 Å². The van der Waals surface area contributed by atoms with Crippen molar-refractivity contribution in [3.05, 3.63) is 85.0 Å². The summed E-state index contributed by atoms with van der Waals surface area (Å²) in [5.41, 5.74) is 1.75. The highest BCUT2D eigenvalue weighted by molar-refractivity contribution is 7.89. The predicted octanol–water partition coefficient (Wildman–Crippen LogP) is 6.30. The fourth-order valence-electron chi connectivity index (χ4n) is 4.41. The van der Waals surface area contributed by atoms with Gasteiger partial charge in [0, 0.05) is 46.2 Å². The van der Waals surface area contributed by atoms with Gasteiger partial charge >= 0.3 is 0 Å². The highest BCUT2D eigenvalue weighted by Gasteiger charge is 2.36. The van der Waals surface area contributed by atoms with Gasteiger partial charge in [0.2, 0.25) is 15.9 Å². The number of hydrogen-bond donors (Lipinski definition) is 0. The highest BCUT2D eigenvalue weighted by atomic mass is 35.5. The average molecular weight is 602 g/mol. The smallest absolute Gasteiger partial charge is 0.243 e. The van der Waals surface area contributed by atoms with Gasteiger partial charge in [-0.05, 0) is 78.7 Å². The minimum atomic E-state index is -3.95. The Kier molecular flexibility index (Phi) is 9.56. The number of amides is 1. The SMILES string of the molecule is CCOCCCN(CC(=O)N1CCc2sccc2C1c1ccc(Cl)cc1Cl)S(=O)(=O)c1ccc(Cl)cc1. The Morgan fingerprint density at radius 1 is 1.08 bits per heavy atom. The molecule has 1 aromatic heterocycles. The van der Waals surface area contributed by atoms with E-state index in [1.54, 1.807) is 28.4 Å². The van der Waals surface area contributed by atoms with Crippen LogP contribution in [-0.4, -0.2) is 56.4 Å². The van der Waals surface area contributed by atoms with Gasteiger partial charge in [0.15, 0.2) is 0 Å². The second-order valence-electron chi connectivity index (χ2n) is 8.55. The number of thiophene rings is 1. The molecule has 11 heteroatoms. The van der Waals surface area contributed by atoms with Crippen LogP contribution >= 0.6 is 46.1 Å². The number of halogens is 3. The van der Waals surface area contributed by atoms with E-state index < -0.39 is 16.1 Å². The molecule has 2 aromatic carbocycles. The van der Waals surface area contributed by atoms with Crippen molar-refractivity contribution >= 4 is 62.1 Å². The first-order valence-corrected chi connectivity index (χ1v) is 15.3. The summed E-state index contributed by atoms with van der Waals surface area (Å²) < 4.78 is 33.8. The molecule has 1 aliphatic heterocycles. The first kappa shape index (κ1) is 28.4. The van der Waals surface area contributed by atoms with Crippen molar-refractivity contribution in [1.29, 1.82) is 0 Å². The molecule has 1 amide bonds. The molecular formula is C26H27Cl3N2O4S2. The molecule has 198 valence electrons. The molecule has 0 N–H and O–H groups in total. The standard InChI is InChI=1S/C26H27Cl3N2O4S2/c1-2-35-14-3-12-30(37(33,34)20-7-4-18(27)5-8-20)17-25(32)31-13-10-24-22(11-15-36-24)26(31)21-9-6-19(28)16-23(21)29/h4-9,11,15-16,26H,2-3,10,12-14,17H2,1H3. The quantitative estimate of drug-likeness (QED) is 0.256. The molecule has 37 heavy (non-hydrogen) atoms. The van der Waals surface area contributed by atoms with Gasteiger partial charge in [0.1, 0.15) is 0 Å². The Morgan fingerprint density at radius 2 is 1.81 bits per heavy atom. The largest absolute Gasteiger partial charge is 0.382 e. The number of carbonyl (C=O) groups excluding carboxylic acids is 1. The summed E-state index contributed by atoms with van der Waals surface area (Å²) in [7, 11) is -3.95. The molecule has 1 aliphatic rings. The zero-order valence-corrected chi connectivity index (χ0v) is 24.1. The molecule has 2 heterocycles. The molecule has 1 atom stereocenters. The normalized spacial score (nSPS) is 15.7. The van der Waals surface area contributed by atoms with E-state index in [-0.39, 0.29) is 23.9 Å². The van der Waals surface area contributed by atoms with Crippen LogP contribution in [0.3, 0.4) is 0 Å². The van der Waals surface area contributed by atoms with Crippen LogP contribution < -0.4 is 0 Å². The van der Waals surface area contributed by atoms with E-state index >= 15 is 0 Å². The first-order chi connectivity index (χ1) is 17.7. The lowest BCUT2D eigenvalue weighted by atomic mass is 9.93. The maximum absolute atomic E-state index is 13.8. The van der Waals surface area contributed by atoms with E-state index in [2.05, 4.69) is 0 Å². The van der Waals surface area contributed by atoms with Crippen molar-refractivity contribution in [3.63, 3.8) is 0 Å². The molecule has 0 bridgehead atoms. The summed E-state index contributed by atoms with van der Waals surface area (Å²) in [6.45, 7) is 3.08. The summed E-state index contributed by atoms with van der Waals surface area (Å²) in [5, 5.41) is 3.39. The van der Waals surface area contributed by atoms with E-state index in [1.165, 1.54) is 33.4 Å². The lowest BCUT2D eigenvalue weighted by Gasteiger charge is -2.38. The zero-order chi connectivity index (χ0) is 26.6. The highest BCUT2D eigenvalue weighted by Crippen LogP contribution is 2.41. The number of sulfonamides is 1. The molecular weight excluding hydrogens is 575 g/mol. The summed E-state index contributed by atoms with van der Waals surface area (Å²) in [6, 6.07) is 12.7. The molecule has 0 saturated carbocycles. The number of ether oxygens (including phenoxy) is 1. The maximum atomic E-state index is 13.8. The van der Waals surface area contributed by atoms with Crippen LogP contribution in [0.1, 0.15) is 35.4 Å². The Balaban J connectivity index is 1.65. The molecule has 3 aromatic rings. The third-order valence-electron chi connectivity index (χ3n) is 6.21. The van der Waals surface area contributed by atoms with Gasteiger partial charge in [-0.2, -0.15) is 4.31 Å². The van der Waals surface area contributed by atoms with Gasteiger partial charge in [-0.3, -0.25) is 4.79 Å². The van der Waals surface area contributed by atoms with E-state index in [0.717, 1.165) is 11.1 Å². The van der Waals surface area contributed by atoms with Crippen molar-refractivity contribution in [2.75, 3.05) is 32.8 Å². The number of fused-ring (bicyclic) bond motifs is 1. The van der Waals surface area contributed by atoms with Crippen LogP contribution in [-0.2, 0) is 26.0 Å². The molecule has 4 rings (SSSR count). The summed E-state index contributed by atoms with van der Waals surface area (Å²) in [4.78, 5) is 16.8. The lowest BCUT2D eigenvalue weighted by molar-refractivity contribution is -0.133. The molecule has 6 nitrogen and oxygen atoms in total. The van der Waals surface area contributed by atoms with E-state index in [1.807, 2.05) is 24.4 Å². The number of hydrogen-bond acceptors (Lipinski definition) is 5. The van der Waals surface area contributed by atoms with Gasteiger partial charge < -0.3 is 9.64 Å². The van der Waals surface area contributed by atoms with Crippen molar-refractivity contribution in [2.45, 2.75) is 30.7 Å². The van der Waals surface area contributed by atoms with Crippen LogP contribution in [0, 0.1) is 0 Å². The van der Waals surface area contributed by atoms with Crippen molar-refractivity contribution in [1.82, 2.24) is 9.21 Å². The van der Waals surface area contributed by atoms with Crippen LogP contribution in [0.2, 0.25) is 15.1 Å². The number of benzene rings is 2. The van der Waals surface area contributed by atoms with Crippen molar-refractivity contribution < 1.29 is 17.9 Å². The Bertz CT molecular complexity index is 1350. The van der Waals surface area contributed by atoms with Crippen molar-refractivity contribution in [3.8, 4) is 0 Å². The van der Waals surface area contributed by atoms with Crippen molar-refractivity contribution in [2.24, 2.45) is 0 Å². The number of carbonyl (C=O) groups is 1. The summed E-state index contributed by atoms with van der Waals surface area (Å²) in [5.74, 6) is -0.304. The first-order valence-electron chi connectivity index (χ1n) is 11.9. The van der Waals surface area contributed by atoms with Crippen LogP contribution in [0.4, 0.5) is 0 Å². The second-order valence-corrected chi connectivity index (χ2v) is 12.8.